The Bertz CT molecular complexity index is 547. The van der Waals surface area contributed by atoms with Crippen molar-refractivity contribution in [3.63, 3.8) is 0 Å². The van der Waals surface area contributed by atoms with Gasteiger partial charge in [-0.3, -0.25) is 9.69 Å². The van der Waals surface area contributed by atoms with Gasteiger partial charge < -0.3 is 4.74 Å². The second-order valence-electron chi connectivity index (χ2n) is 8.79. The zero-order chi connectivity index (χ0) is 18.6. The highest BCUT2D eigenvalue weighted by atomic mass is 16.6. The van der Waals surface area contributed by atoms with E-state index in [1.165, 1.54) is 12.0 Å². The first-order valence-corrected chi connectivity index (χ1v) is 9.71. The zero-order valence-corrected chi connectivity index (χ0v) is 16.8. The molecule has 0 aliphatic heterocycles. The van der Waals surface area contributed by atoms with Crippen LogP contribution in [0.3, 0.4) is 0 Å². The molecule has 1 aromatic carbocycles. The molecule has 1 saturated carbocycles. The largest absolute Gasteiger partial charge is 0.460 e. The molecular weight excluding hydrogens is 310 g/mol. The number of rotatable bonds is 5. The van der Waals surface area contributed by atoms with Crippen LogP contribution < -0.4 is 0 Å². The van der Waals surface area contributed by atoms with Crippen molar-refractivity contribution in [1.82, 2.24) is 4.90 Å². The molecule has 0 heterocycles. The number of hydrogen-bond acceptors (Lipinski definition) is 3. The summed E-state index contributed by atoms with van der Waals surface area (Å²) in [6, 6.07) is 11.2. The number of hydrogen-bond donors (Lipinski definition) is 0. The van der Waals surface area contributed by atoms with Crippen LogP contribution in [0, 0.1) is 11.8 Å². The highest BCUT2D eigenvalue weighted by Gasteiger charge is 2.42. The quantitative estimate of drug-likeness (QED) is 0.700. The molecule has 0 bridgehead atoms. The molecule has 0 amide bonds. The first-order chi connectivity index (χ1) is 11.7. The van der Waals surface area contributed by atoms with Gasteiger partial charge in [-0.1, -0.05) is 43.7 Å². The topological polar surface area (TPSA) is 29.5 Å². The summed E-state index contributed by atoms with van der Waals surface area (Å²) in [7, 11) is 0. The molecule has 0 spiro atoms. The van der Waals surface area contributed by atoms with Crippen molar-refractivity contribution in [2.75, 3.05) is 0 Å². The summed E-state index contributed by atoms with van der Waals surface area (Å²) in [4.78, 5) is 15.5. The molecular formula is C22H35NO2. The minimum Gasteiger partial charge on any atom is -0.460 e. The molecule has 3 heteroatoms. The first kappa shape index (κ1) is 20.0. The molecule has 2 rings (SSSR count). The van der Waals surface area contributed by atoms with E-state index in [1.807, 2.05) is 20.8 Å². The van der Waals surface area contributed by atoms with Crippen molar-refractivity contribution >= 4 is 5.97 Å². The Morgan fingerprint density at radius 3 is 2.40 bits per heavy atom. The van der Waals surface area contributed by atoms with Gasteiger partial charge in [-0.05, 0) is 58.9 Å². The summed E-state index contributed by atoms with van der Waals surface area (Å²) in [5.74, 6) is 0.299. The van der Waals surface area contributed by atoms with Crippen molar-refractivity contribution in [1.29, 1.82) is 0 Å². The lowest BCUT2D eigenvalue weighted by atomic mass is 9.75. The first-order valence-electron chi connectivity index (χ1n) is 9.71. The van der Waals surface area contributed by atoms with E-state index in [2.05, 4.69) is 56.0 Å². The van der Waals surface area contributed by atoms with E-state index in [1.54, 1.807) is 0 Å². The van der Waals surface area contributed by atoms with Gasteiger partial charge in [0.05, 0.1) is 5.92 Å². The van der Waals surface area contributed by atoms with Crippen LogP contribution in [0.4, 0.5) is 0 Å². The van der Waals surface area contributed by atoms with Crippen molar-refractivity contribution in [2.24, 2.45) is 11.8 Å². The SMILES string of the molecule is CC(C)N(Cc1ccccc1)[C@H]1CCC[C@@H](C)[C@H]1C(=O)OC(C)(C)C. The smallest absolute Gasteiger partial charge is 0.311 e. The normalized spacial score (nSPS) is 24.6. The number of esters is 1. The van der Waals surface area contributed by atoms with E-state index in [9.17, 15) is 4.79 Å². The summed E-state index contributed by atoms with van der Waals surface area (Å²) in [6.07, 6.45) is 3.36. The third-order valence-electron chi connectivity index (χ3n) is 5.16. The van der Waals surface area contributed by atoms with Crippen LogP contribution in [0.1, 0.15) is 66.4 Å². The molecule has 1 aliphatic carbocycles. The van der Waals surface area contributed by atoms with Crippen molar-refractivity contribution < 1.29 is 9.53 Å². The fourth-order valence-electron chi connectivity index (χ4n) is 4.00. The lowest BCUT2D eigenvalue weighted by Crippen LogP contribution is -2.51. The highest BCUT2D eigenvalue weighted by molar-refractivity contribution is 5.74. The summed E-state index contributed by atoms with van der Waals surface area (Å²) in [5, 5.41) is 0. The third-order valence-corrected chi connectivity index (χ3v) is 5.16. The lowest BCUT2D eigenvalue weighted by Gasteiger charge is -2.44. The van der Waals surface area contributed by atoms with Gasteiger partial charge >= 0.3 is 5.97 Å². The maximum Gasteiger partial charge on any atom is 0.311 e. The Balaban J connectivity index is 2.24. The Kier molecular flexibility index (Phi) is 6.67. The maximum absolute atomic E-state index is 13.0. The maximum atomic E-state index is 13.0. The second-order valence-corrected chi connectivity index (χ2v) is 8.79. The van der Waals surface area contributed by atoms with E-state index in [-0.39, 0.29) is 17.9 Å². The molecule has 1 fully saturated rings. The summed E-state index contributed by atoms with van der Waals surface area (Å²) < 4.78 is 5.79. The standard InChI is InChI=1S/C22H35NO2/c1-16(2)23(15-18-12-8-7-9-13-18)19-14-10-11-17(3)20(19)21(24)25-22(4,5)6/h7-9,12-13,16-17,19-20H,10-11,14-15H2,1-6H3/t17-,19+,20-/m1/s1. The second kappa shape index (κ2) is 8.35. The third kappa shape index (κ3) is 5.57. The number of carbonyl (C=O) groups is 1. The van der Waals surface area contributed by atoms with E-state index in [4.69, 9.17) is 4.74 Å². The summed E-state index contributed by atoms with van der Waals surface area (Å²) in [5.41, 5.74) is 0.873. The Hall–Kier alpha value is -1.35. The van der Waals surface area contributed by atoms with E-state index in [0.29, 0.717) is 12.0 Å². The fourth-order valence-corrected chi connectivity index (χ4v) is 4.00. The van der Waals surface area contributed by atoms with Crippen LogP contribution in [0.15, 0.2) is 30.3 Å². The van der Waals surface area contributed by atoms with Crippen LogP contribution >= 0.6 is 0 Å². The monoisotopic (exact) mass is 345 g/mol. The molecule has 3 atom stereocenters. The molecule has 3 nitrogen and oxygen atoms in total. The van der Waals surface area contributed by atoms with E-state index in [0.717, 1.165) is 19.4 Å². The molecule has 0 saturated heterocycles. The highest BCUT2D eigenvalue weighted by Crippen LogP contribution is 2.36. The Morgan fingerprint density at radius 2 is 1.84 bits per heavy atom. The average molecular weight is 346 g/mol. The van der Waals surface area contributed by atoms with Crippen molar-refractivity contribution in [3.8, 4) is 0 Å². The molecule has 25 heavy (non-hydrogen) atoms. The van der Waals surface area contributed by atoms with E-state index >= 15 is 0 Å². The van der Waals surface area contributed by atoms with Crippen LogP contribution in [0.2, 0.25) is 0 Å². The molecule has 140 valence electrons. The van der Waals surface area contributed by atoms with Gasteiger partial charge in [0.15, 0.2) is 0 Å². The number of ether oxygens (including phenoxy) is 1. The summed E-state index contributed by atoms with van der Waals surface area (Å²) in [6.45, 7) is 13.4. The Morgan fingerprint density at radius 1 is 1.20 bits per heavy atom. The van der Waals surface area contributed by atoms with Gasteiger partial charge in [0.1, 0.15) is 5.60 Å². The van der Waals surface area contributed by atoms with Crippen molar-refractivity contribution in [2.45, 2.75) is 85.0 Å². The fraction of sp³-hybridized carbons (Fsp3) is 0.682. The predicted octanol–water partition coefficient (Wildman–Crippen LogP) is 5.04. The van der Waals surface area contributed by atoms with Gasteiger partial charge in [0.2, 0.25) is 0 Å². The van der Waals surface area contributed by atoms with Gasteiger partial charge in [0.25, 0.3) is 0 Å². The summed E-state index contributed by atoms with van der Waals surface area (Å²) >= 11 is 0. The predicted molar refractivity (Wildman–Crippen MR) is 103 cm³/mol. The zero-order valence-electron chi connectivity index (χ0n) is 16.8. The van der Waals surface area contributed by atoms with Crippen LogP contribution in [0.5, 0.6) is 0 Å². The molecule has 0 unspecified atom stereocenters. The molecule has 0 radical (unpaired) electrons. The number of nitrogens with zero attached hydrogens (tertiary/aromatic N) is 1. The number of benzene rings is 1. The average Bonchev–Trinajstić information content (AvgIpc) is 2.51. The van der Waals surface area contributed by atoms with Crippen LogP contribution in [0.25, 0.3) is 0 Å². The molecule has 1 aromatic rings. The van der Waals surface area contributed by atoms with Gasteiger partial charge in [-0.2, -0.15) is 0 Å². The lowest BCUT2D eigenvalue weighted by molar-refractivity contribution is -0.167. The van der Waals surface area contributed by atoms with Gasteiger partial charge in [-0.15, -0.1) is 0 Å². The van der Waals surface area contributed by atoms with Crippen molar-refractivity contribution in [3.05, 3.63) is 35.9 Å². The van der Waals surface area contributed by atoms with Crippen LogP contribution in [-0.2, 0) is 16.1 Å². The van der Waals surface area contributed by atoms with Gasteiger partial charge in [0, 0.05) is 18.6 Å². The van der Waals surface area contributed by atoms with Crippen LogP contribution in [-0.4, -0.2) is 28.6 Å². The minimum atomic E-state index is -0.430. The van der Waals surface area contributed by atoms with Gasteiger partial charge in [-0.25, -0.2) is 0 Å². The molecule has 0 N–H and O–H groups in total. The Labute approximate surface area is 153 Å². The number of carbonyl (C=O) groups excluding carboxylic acids is 1. The molecule has 0 aromatic heterocycles. The minimum absolute atomic E-state index is 0.0246. The molecule has 1 aliphatic rings. The van der Waals surface area contributed by atoms with E-state index < -0.39 is 5.60 Å².